The van der Waals surface area contributed by atoms with Crippen molar-refractivity contribution in [3.63, 3.8) is 0 Å². The molecule has 1 unspecified atom stereocenters. The molecule has 0 bridgehead atoms. The van der Waals surface area contributed by atoms with E-state index in [-0.39, 0.29) is 11.7 Å². The summed E-state index contributed by atoms with van der Waals surface area (Å²) in [6.45, 7) is 1.94. The number of halogens is 1. The van der Waals surface area contributed by atoms with Crippen molar-refractivity contribution >= 4 is 23.1 Å². The highest BCUT2D eigenvalue weighted by molar-refractivity contribution is 6.30. The van der Waals surface area contributed by atoms with Crippen LogP contribution in [0.15, 0.2) is 18.2 Å². The van der Waals surface area contributed by atoms with Gasteiger partial charge in [0.1, 0.15) is 11.0 Å². The lowest BCUT2D eigenvalue weighted by atomic mass is 10.3. The maximum absolute atomic E-state index is 11.7. The molecule has 0 spiro atoms. The number of rotatable bonds is 3. The Kier molecular flexibility index (Phi) is 3.54. The lowest BCUT2D eigenvalue weighted by Crippen LogP contribution is -2.15. The summed E-state index contributed by atoms with van der Waals surface area (Å²) >= 11 is 6.17. The van der Waals surface area contributed by atoms with E-state index >= 15 is 0 Å². The van der Waals surface area contributed by atoms with Crippen LogP contribution in [0.1, 0.15) is 29.3 Å². The standard InChI is InChI=1S/C12H14ClN3O2/c1-7(14-2)11-15-10(12(17)18-3)8-5-4-6-9(13)16(8)11/h4-7,14H,1-3H3. The van der Waals surface area contributed by atoms with Crippen LogP contribution in [0, 0.1) is 0 Å². The third-order valence-corrected chi connectivity index (χ3v) is 3.13. The predicted molar refractivity (Wildman–Crippen MR) is 69.0 cm³/mol. The summed E-state index contributed by atoms with van der Waals surface area (Å²) < 4.78 is 6.48. The molecule has 0 aliphatic heterocycles. The van der Waals surface area contributed by atoms with Crippen LogP contribution < -0.4 is 5.32 Å². The summed E-state index contributed by atoms with van der Waals surface area (Å²) in [5.74, 6) is 0.211. The zero-order chi connectivity index (χ0) is 13.3. The number of nitrogens with zero attached hydrogens (tertiary/aromatic N) is 2. The van der Waals surface area contributed by atoms with E-state index in [1.54, 1.807) is 22.6 Å². The number of carbonyl (C=O) groups is 1. The van der Waals surface area contributed by atoms with E-state index in [9.17, 15) is 4.79 Å². The maximum Gasteiger partial charge on any atom is 0.358 e. The molecule has 2 aromatic heterocycles. The van der Waals surface area contributed by atoms with Gasteiger partial charge in [-0.3, -0.25) is 4.40 Å². The first kappa shape index (κ1) is 12.9. The predicted octanol–water partition coefficient (Wildman–Crippen LogP) is 2.05. The van der Waals surface area contributed by atoms with Gasteiger partial charge in [0.15, 0.2) is 5.69 Å². The first-order valence-corrected chi connectivity index (χ1v) is 5.90. The molecule has 0 saturated carbocycles. The van der Waals surface area contributed by atoms with Crippen molar-refractivity contribution in [2.45, 2.75) is 13.0 Å². The highest BCUT2D eigenvalue weighted by atomic mass is 35.5. The fourth-order valence-corrected chi connectivity index (χ4v) is 2.04. The van der Waals surface area contributed by atoms with E-state index in [1.165, 1.54) is 7.11 Å². The number of esters is 1. The van der Waals surface area contributed by atoms with Crippen LogP contribution in [-0.4, -0.2) is 29.5 Å². The number of nitrogens with one attached hydrogen (secondary N) is 1. The lowest BCUT2D eigenvalue weighted by Gasteiger charge is -2.09. The van der Waals surface area contributed by atoms with Crippen molar-refractivity contribution < 1.29 is 9.53 Å². The minimum Gasteiger partial charge on any atom is -0.464 e. The summed E-state index contributed by atoms with van der Waals surface area (Å²) in [7, 11) is 3.15. The van der Waals surface area contributed by atoms with Crippen molar-refractivity contribution in [2.75, 3.05) is 14.2 Å². The highest BCUT2D eigenvalue weighted by Crippen LogP contribution is 2.23. The van der Waals surface area contributed by atoms with Gasteiger partial charge in [-0.1, -0.05) is 17.7 Å². The van der Waals surface area contributed by atoms with Crippen LogP contribution in [0.2, 0.25) is 5.15 Å². The van der Waals surface area contributed by atoms with Gasteiger partial charge in [-0.05, 0) is 26.1 Å². The zero-order valence-corrected chi connectivity index (χ0v) is 11.2. The number of aromatic nitrogens is 2. The largest absolute Gasteiger partial charge is 0.464 e. The summed E-state index contributed by atoms with van der Waals surface area (Å²) in [6, 6.07) is 5.29. The van der Waals surface area contributed by atoms with Crippen molar-refractivity contribution in [3.8, 4) is 0 Å². The minimum atomic E-state index is -0.468. The van der Waals surface area contributed by atoms with Gasteiger partial charge in [-0.15, -0.1) is 0 Å². The Morgan fingerprint density at radius 3 is 2.89 bits per heavy atom. The molecule has 1 atom stereocenters. The average Bonchev–Trinajstić information content (AvgIpc) is 2.78. The highest BCUT2D eigenvalue weighted by Gasteiger charge is 2.21. The molecule has 0 radical (unpaired) electrons. The zero-order valence-electron chi connectivity index (χ0n) is 10.4. The number of imidazole rings is 1. The molecule has 0 aromatic carbocycles. The van der Waals surface area contributed by atoms with E-state index in [4.69, 9.17) is 16.3 Å². The molecular formula is C12H14ClN3O2. The van der Waals surface area contributed by atoms with Gasteiger partial charge < -0.3 is 10.1 Å². The second kappa shape index (κ2) is 4.96. The van der Waals surface area contributed by atoms with Crippen molar-refractivity contribution in [3.05, 3.63) is 34.9 Å². The van der Waals surface area contributed by atoms with Gasteiger partial charge in [0, 0.05) is 0 Å². The van der Waals surface area contributed by atoms with E-state index in [0.717, 1.165) is 0 Å². The van der Waals surface area contributed by atoms with Crippen LogP contribution in [0.25, 0.3) is 5.52 Å². The smallest absolute Gasteiger partial charge is 0.358 e. The Morgan fingerprint density at radius 1 is 1.56 bits per heavy atom. The van der Waals surface area contributed by atoms with Crippen molar-refractivity contribution in [2.24, 2.45) is 0 Å². The van der Waals surface area contributed by atoms with E-state index in [2.05, 4.69) is 10.3 Å². The lowest BCUT2D eigenvalue weighted by molar-refractivity contribution is 0.0596. The Morgan fingerprint density at radius 2 is 2.28 bits per heavy atom. The van der Waals surface area contributed by atoms with Crippen molar-refractivity contribution in [1.29, 1.82) is 0 Å². The molecule has 6 heteroatoms. The third kappa shape index (κ3) is 1.95. The van der Waals surface area contributed by atoms with E-state index in [0.29, 0.717) is 16.5 Å². The van der Waals surface area contributed by atoms with Gasteiger partial charge in [-0.25, -0.2) is 9.78 Å². The molecule has 0 amide bonds. The number of ether oxygens (including phenoxy) is 1. The number of hydrogen-bond acceptors (Lipinski definition) is 4. The van der Waals surface area contributed by atoms with Crippen LogP contribution in [0.5, 0.6) is 0 Å². The molecule has 2 aromatic rings. The number of fused-ring (bicyclic) bond motifs is 1. The van der Waals surface area contributed by atoms with Crippen LogP contribution in [0.4, 0.5) is 0 Å². The second-order valence-electron chi connectivity index (χ2n) is 3.89. The third-order valence-electron chi connectivity index (χ3n) is 2.84. The molecule has 2 heterocycles. The second-order valence-corrected chi connectivity index (χ2v) is 4.28. The quantitative estimate of drug-likeness (QED) is 0.683. The molecular weight excluding hydrogens is 254 g/mol. The average molecular weight is 268 g/mol. The first-order chi connectivity index (χ1) is 8.60. The van der Waals surface area contributed by atoms with Gasteiger partial charge in [0.05, 0.1) is 18.7 Å². The summed E-state index contributed by atoms with van der Waals surface area (Å²) in [4.78, 5) is 16.0. The number of carbonyl (C=O) groups excluding carboxylic acids is 1. The molecule has 18 heavy (non-hydrogen) atoms. The fraction of sp³-hybridized carbons (Fsp3) is 0.333. The minimum absolute atomic E-state index is 0.0317. The fourth-order valence-electron chi connectivity index (χ4n) is 1.79. The number of pyridine rings is 1. The van der Waals surface area contributed by atoms with E-state index < -0.39 is 5.97 Å². The van der Waals surface area contributed by atoms with Crippen LogP contribution in [0.3, 0.4) is 0 Å². The Hall–Kier alpha value is -1.59. The Bertz CT molecular complexity index is 594. The molecule has 2 rings (SSSR count). The maximum atomic E-state index is 11.7. The molecule has 0 aliphatic rings. The van der Waals surface area contributed by atoms with Gasteiger partial charge in [0.2, 0.25) is 0 Å². The van der Waals surface area contributed by atoms with Gasteiger partial charge in [0.25, 0.3) is 0 Å². The van der Waals surface area contributed by atoms with Crippen molar-refractivity contribution in [1.82, 2.24) is 14.7 Å². The molecule has 5 nitrogen and oxygen atoms in total. The number of hydrogen-bond donors (Lipinski definition) is 1. The van der Waals surface area contributed by atoms with Crippen LogP contribution in [-0.2, 0) is 4.74 Å². The number of methoxy groups -OCH3 is 1. The first-order valence-electron chi connectivity index (χ1n) is 5.52. The summed E-state index contributed by atoms with van der Waals surface area (Å²) in [6.07, 6.45) is 0. The van der Waals surface area contributed by atoms with Gasteiger partial charge in [-0.2, -0.15) is 0 Å². The Balaban J connectivity index is 2.75. The molecule has 96 valence electrons. The summed E-state index contributed by atoms with van der Waals surface area (Å²) in [5, 5.41) is 3.58. The summed E-state index contributed by atoms with van der Waals surface area (Å²) in [5.41, 5.74) is 0.920. The molecule has 0 aliphatic carbocycles. The van der Waals surface area contributed by atoms with Gasteiger partial charge >= 0.3 is 5.97 Å². The molecule has 1 N–H and O–H groups in total. The normalized spacial score (nSPS) is 12.7. The monoisotopic (exact) mass is 267 g/mol. The van der Waals surface area contributed by atoms with Crippen LogP contribution >= 0.6 is 11.6 Å². The Labute approximate surface area is 110 Å². The van der Waals surface area contributed by atoms with E-state index in [1.807, 2.05) is 14.0 Å². The SMILES string of the molecule is CNC(C)c1nc(C(=O)OC)c2cccc(Cl)n12. The molecule has 0 fully saturated rings. The topological polar surface area (TPSA) is 55.6 Å². The molecule has 0 saturated heterocycles.